The lowest BCUT2D eigenvalue weighted by Crippen LogP contribution is -2.30. The van der Waals surface area contributed by atoms with Crippen molar-refractivity contribution < 1.29 is 14.3 Å². The van der Waals surface area contributed by atoms with Crippen LogP contribution in [0, 0.1) is 0 Å². The van der Waals surface area contributed by atoms with E-state index < -0.39 is 6.03 Å². The maximum atomic E-state index is 12.3. The van der Waals surface area contributed by atoms with Crippen molar-refractivity contribution in [2.45, 2.75) is 13.5 Å². The van der Waals surface area contributed by atoms with Crippen LogP contribution in [0.4, 0.5) is 4.79 Å². The fourth-order valence-electron chi connectivity index (χ4n) is 2.55. The largest absolute Gasteiger partial charge is 0.488 e. The SMILES string of the molecule is CCN1C(=O)N/C(=C/c2cc(Br)ccc2OCc2ccccc2Cl)C1=O. The first-order valence-corrected chi connectivity index (χ1v) is 9.17. The topological polar surface area (TPSA) is 58.6 Å². The van der Waals surface area contributed by atoms with Gasteiger partial charge in [-0.25, -0.2) is 4.79 Å². The molecule has 7 heteroatoms. The Labute approximate surface area is 164 Å². The fourth-order valence-corrected chi connectivity index (χ4v) is 3.12. The summed E-state index contributed by atoms with van der Waals surface area (Å²) in [6, 6.07) is 12.5. The van der Waals surface area contributed by atoms with Gasteiger partial charge in [0.05, 0.1) is 0 Å². The number of rotatable bonds is 5. The Morgan fingerprint density at radius 2 is 2.00 bits per heavy atom. The lowest BCUT2D eigenvalue weighted by molar-refractivity contribution is -0.122. The summed E-state index contributed by atoms with van der Waals surface area (Å²) < 4.78 is 6.73. The molecule has 1 aliphatic rings. The van der Waals surface area contributed by atoms with Crippen LogP contribution < -0.4 is 10.1 Å². The molecule has 26 heavy (non-hydrogen) atoms. The fraction of sp³-hybridized carbons (Fsp3) is 0.158. The number of amides is 3. The first kappa shape index (κ1) is 18.5. The first-order chi connectivity index (χ1) is 12.5. The minimum Gasteiger partial charge on any atom is -0.488 e. The predicted octanol–water partition coefficient (Wildman–Crippen LogP) is 4.59. The quantitative estimate of drug-likeness (QED) is 0.552. The smallest absolute Gasteiger partial charge is 0.328 e. The second kappa shape index (κ2) is 7.93. The normalized spacial score (nSPS) is 15.5. The molecule has 0 aromatic heterocycles. The van der Waals surface area contributed by atoms with Gasteiger partial charge in [-0.2, -0.15) is 0 Å². The van der Waals surface area contributed by atoms with Crippen molar-refractivity contribution in [3.63, 3.8) is 0 Å². The molecule has 0 spiro atoms. The molecule has 5 nitrogen and oxygen atoms in total. The van der Waals surface area contributed by atoms with E-state index in [1.54, 1.807) is 25.1 Å². The molecular formula is C19H16BrClN2O3. The van der Waals surface area contributed by atoms with E-state index in [4.69, 9.17) is 16.3 Å². The Balaban J connectivity index is 1.87. The summed E-state index contributed by atoms with van der Waals surface area (Å²) in [6.45, 7) is 2.35. The number of ether oxygens (including phenoxy) is 1. The molecule has 0 unspecified atom stereocenters. The summed E-state index contributed by atoms with van der Waals surface area (Å²) >= 11 is 9.58. The van der Waals surface area contributed by atoms with Crippen LogP contribution in [0.25, 0.3) is 6.08 Å². The summed E-state index contributed by atoms with van der Waals surface area (Å²) in [5.74, 6) is 0.229. The number of nitrogens with one attached hydrogen (secondary N) is 1. The Kier molecular flexibility index (Phi) is 5.64. The van der Waals surface area contributed by atoms with Crippen molar-refractivity contribution in [1.29, 1.82) is 0 Å². The zero-order valence-corrected chi connectivity index (χ0v) is 16.3. The lowest BCUT2D eigenvalue weighted by atomic mass is 10.1. The van der Waals surface area contributed by atoms with Gasteiger partial charge in [-0.3, -0.25) is 9.69 Å². The van der Waals surface area contributed by atoms with Gasteiger partial charge in [0, 0.05) is 27.2 Å². The van der Waals surface area contributed by atoms with Crippen molar-refractivity contribution in [3.8, 4) is 5.75 Å². The number of halogens is 2. The number of hydrogen-bond donors (Lipinski definition) is 1. The van der Waals surface area contributed by atoms with E-state index in [-0.39, 0.29) is 11.6 Å². The Morgan fingerprint density at radius 3 is 2.69 bits per heavy atom. The molecule has 1 aliphatic heterocycles. The van der Waals surface area contributed by atoms with Crippen LogP contribution in [-0.4, -0.2) is 23.4 Å². The number of nitrogens with zero attached hydrogens (tertiary/aromatic N) is 1. The highest BCUT2D eigenvalue weighted by Gasteiger charge is 2.32. The highest BCUT2D eigenvalue weighted by atomic mass is 79.9. The van der Waals surface area contributed by atoms with E-state index in [0.29, 0.717) is 29.5 Å². The molecule has 134 valence electrons. The molecule has 0 aliphatic carbocycles. The summed E-state index contributed by atoms with van der Waals surface area (Å²) in [7, 11) is 0. The zero-order chi connectivity index (χ0) is 18.7. The molecule has 0 saturated carbocycles. The molecule has 2 aromatic carbocycles. The third-order valence-corrected chi connectivity index (χ3v) is 4.75. The number of carbonyl (C=O) groups excluding carboxylic acids is 2. The molecule has 1 heterocycles. The summed E-state index contributed by atoms with van der Waals surface area (Å²) in [5.41, 5.74) is 1.75. The Hall–Kier alpha value is -2.31. The van der Waals surface area contributed by atoms with Gasteiger partial charge in [-0.1, -0.05) is 45.7 Å². The Morgan fingerprint density at radius 1 is 1.23 bits per heavy atom. The van der Waals surface area contributed by atoms with Gasteiger partial charge in [0.25, 0.3) is 5.91 Å². The van der Waals surface area contributed by atoms with Crippen LogP contribution in [0.3, 0.4) is 0 Å². The predicted molar refractivity (Wildman–Crippen MR) is 104 cm³/mol. The maximum absolute atomic E-state index is 12.3. The third-order valence-electron chi connectivity index (χ3n) is 3.89. The number of carbonyl (C=O) groups is 2. The van der Waals surface area contributed by atoms with E-state index in [2.05, 4.69) is 21.2 Å². The first-order valence-electron chi connectivity index (χ1n) is 8.00. The molecular weight excluding hydrogens is 420 g/mol. The van der Waals surface area contributed by atoms with Crippen LogP contribution in [0.1, 0.15) is 18.1 Å². The molecule has 2 aromatic rings. The molecule has 0 atom stereocenters. The minimum atomic E-state index is -0.419. The van der Waals surface area contributed by atoms with Gasteiger partial charge in [0.1, 0.15) is 18.1 Å². The molecule has 0 radical (unpaired) electrons. The second-order valence-corrected chi connectivity index (χ2v) is 6.92. The number of hydrogen-bond acceptors (Lipinski definition) is 3. The highest BCUT2D eigenvalue weighted by molar-refractivity contribution is 9.10. The van der Waals surface area contributed by atoms with Gasteiger partial charge in [0.2, 0.25) is 0 Å². The molecule has 1 saturated heterocycles. The average molecular weight is 436 g/mol. The maximum Gasteiger partial charge on any atom is 0.328 e. The number of imide groups is 1. The number of benzene rings is 2. The molecule has 3 rings (SSSR count). The molecule has 3 amide bonds. The van der Waals surface area contributed by atoms with Crippen LogP contribution >= 0.6 is 27.5 Å². The number of likely N-dealkylation sites (N-methyl/N-ethyl adjacent to an activating group) is 1. The van der Waals surface area contributed by atoms with E-state index >= 15 is 0 Å². The van der Waals surface area contributed by atoms with Crippen molar-refractivity contribution in [1.82, 2.24) is 10.2 Å². The van der Waals surface area contributed by atoms with Crippen molar-refractivity contribution in [2.24, 2.45) is 0 Å². The van der Waals surface area contributed by atoms with Gasteiger partial charge < -0.3 is 10.1 Å². The highest BCUT2D eigenvalue weighted by Crippen LogP contribution is 2.28. The molecule has 1 N–H and O–H groups in total. The van der Waals surface area contributed by atoms with E-state index in [9.17, 15) is 9.59 Å². The van der Waals surface area contributed by atoms with Crippen LogP contribution in [0.2, 0.25) is 5.02 Å². The van der Waals surface area contributed by atoms with E-state index in [0.717, 1.165) is 14.9 Å². The van der Waals surface area contributed by atoms with Crippen LogP contribution in [-0.2, 0) is 11.4 Å². The average Bonchev–Trinajstić information content (AvgIpc) is 2.88. The summed E-state index contributed by atoms with van der Waals surface area (Å²) in [5, 5.41) is 3.22. The molecule has 0 bridgehead atoms. The van der Waals surface area contributed by atoms with E-state index in [1.807, 2.05) is 30.3 Å². The van der Waals surface area contributed by atoms with Crippen molar-refractivity contribution >= 4 is 45.5 Å². The summed E-state index contributed by atoms with van der Waals surface area (Å²) in [6.07, 6.45) is 1.61. The monoisotopic (exact) mass is 434 g/mol. The van der Waals surface area contributed by atoms with Gasteiger partial charge in [-0.15, -0.1) is 0 Å². The lowest BCUT2D eigenvalue weighted by Gasteiger charge is -2.11. The van der Waals surface area contributed by atoms with Crippen molar-refractivity contribution in [2.75, 3.05) is 6.54 Å². The van der Waals surface area contributed by atoms with Crippen molar-refractivity contribution in [3.05, 3.63) is 68.8 Å². The van der Waals surface area contributed by atoms with Gasteiger partial charge in [-0.05, 0) is 37.3 Å². The van der Waals surface area contributed by atoms with E-state index in [1.165, 1.54) is 0 Å². The zero-order valence-electron chi connectivity index (χ0n) is 14.0. The second-order valence-electron chi connectivity index (χ2n) is 5.60. The Bertz CT molecular complexity index is 898. The number of urea groups is 1. The van der Waals surface area contributed by atoms with Gasteiger partial charge in [0.15, 0.2) is 0 Å². The minimum absolute atomic E-state index is 0.220. The standard InChI is InChI=1S/C19H16BrClN2O3/c1-2-23-18(24)16(22-19(23)25)10-13-9-14(20)7-8-17(13)26-11-12-5-3-4-6-15(12)21/h3-10H,2,11H2,1H3,(H,22,25)/b16-10+. The third kappa shape index (κ3) is 3.92. The van der Waals surface area contributed by atoms with Crippen LogP contribution in [0.15, 0.2) is 52.6 Å². The van der Waals surface area contributed by atoms with Crippen LogP contribution in [0.5, 0.6) is 5.75 Å². The molecule has 1 fully saturated rings. The van der Waals surface area contributed by atoms with Gasteiger partial charge >= 0.3 is 6.03 Å². The summed E-state index contributed by atoms with van der Waals surface area (Å²) in [4.78, 5) is 25.2.